The van der Waals surface area contributed by atoms with Gasteiger partial charge in [0.2, 0.25) is 0 Å². The van der Waals surface area contributed by atoms with Crippen LogP contribution in [0.25, 0.3) is 0 Å². The highest BCUT2D eigenvalue weighted by Gasteiger charge is 2.01. The number of rotatable bonds is 3. The third kappa shape index (κ3) is 2.33. The fourth-order valence-electron chi connectivity index (χ4n) is 1.12. The van der Waals surface area contributed by atoms with Crippen LogP contribution in [0.1, 0.15) is 43.6 Å². The zero-order valence-corrected chi connectivity index (χ0v) is 8.37. The van der Waals surface area contributed by atoms with Gasteiger partial charge in [0, 0.05) is 4.88 Å². The van der Waals surface area contributed by atoms with E-state index < -0.39 is 0 Å². The summed E-state index contributed by atoms with van der Waals surface area (Å²) >= 11 is 1.90. The van der Waals surface area contributed by atoms with E-state index >= 15 is 0 Å². The summed E-state index contributed by atoms with van der Waals surface area (Å²) in [6, 6.07) is 2.35. The van der Waals surface area contributed by atoms with Crippen LogP contribution in [0.5, 0.6) is 0 Å². The highest BCUT2D eigenvalue weighted by molar-refractivity contribution is 7.10. The molecular formula is C10H16S. The smallest absolute Gasteiger partial charge is 0.00735 e. The van der Waals surface area contributed by atoms with Crippen molar-refractivity contribution in [3.8, 4) is 0 Å². The third-order valence-corrected chi connectivity index (χ3v) is 3.06. The van der Waals surface area contributed by atoms with Gasteiger partial charge in [-0.05, 0) is 29.3 Å². The topological polar surface area (TPSA) is 0 Å². The van der Waals surface area contributed by atoms with Crippen molar-refractivity contribution in [2.45, 2.75) is 39.5 Å². The van der Waals surface area contributed by atoms with E-state index in [9.17, 15) is 0 Å². The first-order valence-electron chi connectivity index (χ1n) is 4.31. The lowest BCUT2D eigenvalue weighted by molar-refractivity contribution is 0.880. The minimum atomic E-state index is 0.700. The van der Waals surface area contributed by atoms with Crippen LogP contribution < -0.4 is 0 Å². The van der Waals surface area contributed by atoms with Gasteiger partial charge in [0.25, 0.3) is 0 Å². The van der Waals surface area contributed by atoms with Gasteiger partial charge < -0.3 is 0 Å². The first kappa shape index (κ1) is 8.79. The van der Waals surface area contributed by atoms with Gasteiger partial charge in [0.15, 0.2) is 0 Å². The average molecular weight is 168 g/mol. The van der Waals surface area contributed by atoms with Crippen LogP contribution in [-0.2, 0) is 6.42 Å². The molecule has 1 heterocycles. The predicted octanol–water partition coefficient (Wildman–Crippen LogP) is 3.82. The first-order chi connectivity index (χ1) is 5.24. The Labute approximate surface area is 73.3 Å². The van der Waals surface area contributed by atoms with Gasteiger partial charge in [0.05, 0.1) is 0 Å². The maximum atomic E-state index is 2.35. The van der Waals surface area contributed by atoms with Crippen molar-refractivity contribution in [2.24, 2.45) is 0 Å². The second-order valence-corrected chi connectivity index (χ2v) is 4.20. The molecule has 0 spiro atoms. The van der Waals surface area contributed by atoms with E-state index in [0.29, 0.717) is 5.92 Å². The molecule has 0 bridgehead atoms. The molecule has 1 rings (SSSR count). The molecule has 0 radical (unpaired) electrons. The van der Waals surface area contributed by atoms with Gasteiger partial charge in [-0.1, -0.05) is 27.2 Å². The minimum absolute atomic E-state index is 0.700. The van der Waals surface area contributed by atoms with Gasteiger partial charge in [0.1, 0.15) is 0 Å². The quantitative estimate of drug-likeness (QED) is 0.643. The molecule has 11 heavy (non-hydrogen) atoms. The molecule has 0 nitrogen and oxygen atoms in total. The van der Waals surface area contributed by atoms with Gasteiger partial charge in [-0.25, -0.2) is 0 Å². The summed E-state index contributed by atoms with van der Waals surface area (Å²) in [6.45, 7) is 6.73. The number of hydrogen-bond donors (Lipinski definition) is 0. The van der Waals surface area contributed by atoms with Crippen LogP contribution in [0.3, 0.4) is 0 Å². The Kier molecular flexibility index (Phi) is 3.13. The van der Waals surface area contributed by atoms with Crippen LogP contribution >= 0.6 is 11.3 Å². The SMILES string of the molecule is CCCc1csc(C(C)C)c1. The Balaban J connectivity index is 2.66. The largest absolute Gasteiger partial charge is 0.148 e. The third-order valence-electron chi connectivity index (χ3n) is 1.78. The molecule has 1 aromatic heterocycles. The van der Waals surface area contributed by atoms with Crippen LogP contribution in [-0.4, -0.2) is 0 Å². The molecule has 0 aromatic carbocycles. The second-order valence-electron chi connectivity index (χ2n) is 3.26. The van der Waals surface area contributed by atoms with Gasteiger partial charge in [-0.2, -0.15) is 0 Å². The molecule has 0 aliphatic heterocycles. The van der Waals surface area contributed by atoms with Gasteiger partial charge >= 0.3 is 0 Å². The summed E-state index contributed by atoms with van der Waals surface area (Å²) < 4.78 is 0. The summed E-state index contributed by atoms with van der Waals surface area (Å²) in [7, 11) is 0. The number of thiophene rings is 1. The minimum Gasteiger partial charge on any atom is -0.148 e. The van der Waals surface area contributed by atoms with Crippen LogP contribution in [0, 0.1) is 0 Å². The summed E-state index contributed by atoms with van der Waals surface area (Å²) in [4.78, 5) is 1.52. The van der Waals surface area contributed by atoms with Crippen molar-refractivity contribution in [1.29, 1.82) is 0 Å². The summed E-state index contributed by atoms with van der Waals surface area (Å²) in [5, 5.41) is 2.29. The van der Waals surface area contributed by atoms with E-state index in [-0.39, 0.29) is 0 Å². The molecular weight excluding hydrogens is 152 g/mol. The van der Waals surface area contributed by atoms with E-state index in [2.05, 4.69) is 32.2 Å². The average Bonchev–Trinajstić information content (AvgIpc) is 2.37. The molecule has 62 valence electrons. The lowest BCUT2D eigenvalue weighted by Gasteiger charge is -1.97. The molecule has 0 fully saturated rings. The lowest BCUT2D eigenvalue weighted by atomic mass is 10.1. The molecule has 0 atom stereocenters. The van der Waals surface area contributed by atoms with Crippen LogP contribution in [0.15, 0.2) is 11.4 Å². The Morgan fingerprint density at radius 1 is 1.45 bits per heavy atom. The number of hydrogen-bond acceptors (Lipinski definition) is 1. The molecule has 0 amide bonds. The fraction of sp³-hybridized carbons (Fsp3) is 0.600. The normalized spacial score (nSPS) is 10.9. The Morgan fingerprint density at radius 2 is 2.18 bits per heavy atom. The highest BCUT2D eigenvalue weighted by atomic mass is 32.1. The van der Waals surface area contributed by atoms with E-state index in [1.165, 1.54) is 23.3 Å². The Bertz CT molecular complexity index is 210. The summed E-state index contributed by atoms with van der Waals surface area (Å²) in [6.07, 6.45) is 2.50. The zero-order valence-electron chi connectivity index (χ0n) is 7.55. The van der Waals surface area contributed by atoms with Gasteiger partial charge in [-0.15, -0.1) is 11.3 Å². The predicted molar refractivity (Wildman–Crippen MR) is 52.4 cm³/mol. The lowest BCUT2D eigenvalue weighted by Crippen LogP contribution is -1.80. The summed E-state index contributed by atoms with van der Waals surface area (Å²) in [5.41, 5.74) is 1.52. The fourth-order valence-corrected chi connectivity index (χ4v) is 2.08. The van der Waals surface area contributed by atoms with Crippen molar-refractivity contribution in [2.75, 3.05) is 0 Å². The molecule has 0 aliphatic carbocycles. The van der Waals surface area contributed by atoms with Gasteiger partial charge in [-0.3, -0.25) is 0 Å². The van der Waals surface area contributed by atoms with E-state index in [1.807, 2.05) is 11.3 Å². The van der Waals surface area contributed by atoms with Crippen molar-refractivity contribution in [3.63, 3.8) is 0 Å². The van der Waals surface area contributed by atoms with Crippen molar-refractivity contribution < 1.29 is 0 Å². The van der Waals surface area contributed by atoms with E-state index in [1.54, 1.807) is 0 Å². The molecule has 0 saturated carbocycles. The summed E-state index contributed by atoms with van der Waals surface area (Å²) in [5.74, 6) is 0.700. The van der Waals surface area contributed by atoms with E-state index in [0.717, 1.165) is 0 Å². The molecule has 1 heteroatoms. The van der Waals surface area contributed by atoms with Crippen molar-refractivity contribution in [3.05, 3.63) is 21.9 Å². The standard InChI is InChI=1S/C10H16S/c1-4-5-9-6-10(8(2)3)11-7-9/h6-8H,4-5H2,1-3H3. The maximum absolute atomic E-state index is 2.35. The van der Waals surface area contributed by atoms with E-state index in [4.69, 9.17) is 0 Å². The zero-order chi connectivity index (χ0) is 8.27. The number of aryl methyl sites for hydroxylation is 1. The van der Waals surface area contributed by atoms with Crippen LogP contribution in [0.4, 0.5) is 0 Å². The molecule has 0 N–H and O–H groups in total. The highest BCUT2D eigenvalue weighted by Crippen LogP contribution is 2.23. The van der Waals surface area contributed by atoms with Crippen molar-refractivity contribution in [1.82, 2.24) is 0 Å². The second kappa shape index (κ2) is 3.91. The molecule has 0 saturated heterocycles. The first-order valence-corrected chi connectivity index (χ1v) is 5.19. The van der Waals surface area contributed by atoms with Crippen LogP contribution in [0.2, 0.25) is 0 Å². The maximum Gasteiger partial charge on any atom is 0.00735 e. The Hall–Kier alpha value is -0.300. The molecule has 0 aliphatic rings. The Morgan fingerprint density at radius 3 is 2.64 bits per heavy atom. The van der Waals surface area contributed by atoms with Crippen molar-refractivity contribution >= 4 is 11.3 Å². The molecule has 0 unspecified atom stereocenters. The molecule has 1 aromatic rings. The monoisotopic (exact) mass is 168 g/mol.